The quantitative estimate of drug-likeness (QED) is 0.421. The lowest BCUT2D eigenvalue weighted by molar-refractivity contribution is 0.531. The fourth-order valence-corrected chi connectivity index (χ4v) is 1.44. The van der Waals surface area contributed by atoms with Crippen molar-refractivity contribution in [2.75, 3.05) is 5.88 Å². The summed E-state index contributed by atoms with van der Waals surface area (Å²) < 4.78 is 0. The molecule has 0 N–H and O–H groups in total. The molecule has 0 aliphatic heterocycles. The Morgan fingerprint density at radius 2 is 2.22 bits per heavy atom. The molecule has 0 bridgehead atoms. The van der Waals surface area contributed by atoms with Gasteiger partial charge in [0.15, 0.2) is 0 Å². The first-order chi connectivity index (χ1) is 4.33. The summed E-state index contributed by atoms with van der Waals surface area (Å²) in [7, 11) is 0. The number of hydrogen-bond donors (Lipinski definition) is 0. The molecule has 0 aromatic heterocycles. The molecular weight excluding hydrogens is 132 g/mol. The normalized spacial score (nSPS) is 21.4. The van der Waals surface area contributed by atoms with E-state index in [1.54, 1.807) is 0 Å². The van der Waals surface area contributed by atoms with Gasteiger partial charge in [0.2, 0.25) is 0 Å². The Labute approximate surface area is 61.9 Å². The summed E-state index contributed by atoms with van der Waals surface area (Å²) >= 11 is 5.76. The van der Waals surface area contributed by atoms with Crippen molar-refractivity contribution in [3.63, 3.8) is 0 Å². The molecule has 1 aliphatic carbocycles. The van der Waals surface area contributed by atoms with Gasteiger partial charge in [-0.05, 0) is 31.1 Å². The van der Waals surface area contributed by atoms with E-state index < -0.39 is 0 Å². The Morgan fingerprint density at radius 1 is 1.56 bits per heavy atom. The molecular formula is C8H13Cl. The fourth-order valence-electron chi connectivity index (χ4n) is 1.04. The zero-order chi connectivity index (χ0) is 6.74. The van der Waals surface area contributed by atoms with E-state index in [9.17, 15) is 0 Å². The van der Waals surface area contributed by atoms with E-state index in [0.29, 0.717) is 5.41 Å². The Balaban J connectivity index is 2.17. The van der Waals surface area contributed by atoms with Crippen molar-refractivity contribution in [1.82, 2.24) is 0 Å². The second-order valence-electron chi connectivity index (χ2n) is 2.96. The minimum absolute atomic E-state index is 0.537. The van der Waals surface area contributed by atoms with Crippen molar-refractivity contribution < 1.29 is 0 Å². The molecule has 9 heavy (non-hydrogen) atoms. The molecule has 1 aliphatic rings. The molecule has 0 heterocycles. The molecule has 0 atom stereocenters. The Morgan fingerprint density at radius 3 is 2.56 bits per heavy atom. The molecule has 0 amide bonds. The van der Waals surface area contributed by atoms with Gasteiger partial charge >= 0.3 is 0 Å². The van der Waals surface area contributed by atoms with Gasteiger partial charge in [-0.15, -0.1) is 18.2 Å². The highest BCUT2D eigenvalue weighted by Crippen LogP contribution is 2.50. The van der Waals surface area contributed by atoms with E-state index in [1.165, 1.54) is 19.3 Å². The lowest BCUT2D eigenvalue weighted by Crippen LogP contribution is -2.00. The Hall–Kier alpha value is 0.0300. The average molecular weight is 145 g/mol. The van der Waals surface area contributed by atoms with Gasteiger partial charge in [-0.25, -0.2) is 0 Å². The van der Waals surface area contributed by atoms with Gasteiger partial charge < -0.3 is 0 Å². The lowest BCUT2D eigenvalue weighted by atomic mass is 10.0. The average Bonchev–Trinajstić information content (AvgIpc) is 2.65. The lowest BCUT2D eigenvalue weighted by Gasteiger charge is -2.06. The summed E-state index contributed by atoms with van der Waals surface area (Å²) in [5.74, 6) is 0.848. The van der Waals surface area contributed by atoms with Gasteiger partial charge in [0.1, 0.15) is 0 Å². The standard InChI is InChI=1S/C8H13Cl/c1-2-3-4-8(7-9)5-6-8/h2H,1,3-7H2. The smallest absolute Gasteiger partial charge is 0.0280 e. The topological polar surface area (TPSA) is 0 Å². The third-order valence-electron chi connectivity index (χ3n) is 2.12. The fraction of sp³-hybridized carbons (Fsp3) is 0.750. The maximum Gasteiger partial charge on any atom is 0.0280 e. The predicted molar refractivity (Wildman–Crippen MR) is 41.8 cm³/mol. The number of hydrogen-bond acceptors (Lipinski definition) is 0. The molecule has 52 valence electrons. The monoisotopic (exact) mass is 144 g/mol. The van der Waals surface area contributed by atoms with Crippen molar-refractivity contribution in [2.24, 2.45) is 5.41 Å². The minimum atomic E-state index is 0.537. The zero-order valence-corrected chi connectivity index (χ0v) is 6.45. The van der Waals surface area contributed by atoms with E-state index in [-0.39, 0.29) is 0 Å². The van der Waals surface area contributed by atoms with Crippen LogP contribution in [0.3, 0.4) is 0 Å². The summed E-state index contributed by atoms with van der Waals surface area (Å²) in [5, 5.41) is 0. The molecule has 1 heteroatoms. The van der Waals surface area contributed by atoms with Crippen molar-refractivity contribution in [3.05, 3.63) is 12.7 Å². The van der Waals surface area contributed by atoms with Crippen LogP contribution in [0.25, 0.3) is 0 Å². The van der Waals surface area contributed by atoms with Gasteiger partial charge in [0.05, 0.1) is 0 Å². The van der Waals surface area contributed by atoms with Gasteiger partial charge in [-0.1, -0.05) is 6.08 Å². The van der Waals surface area contributed by atoms with Crippen LogP contribution in [-0.2, 0) is 0 Å². The van der Waals surface area contributed by atoms with Gasteiger partial charge in [0.25, 0.3) is 0 Å². The molecule has 0 radical (unpaired) electrons. The highest BCUT2D eigenvalue weighted by molar-refractivity contribution is 6.18. The third kappa shape index (κ3) is 1.72. The van der Waals surface area contributed by atoms with Gasteiger partial charge in [-0.2, -0.15) is 0 Å². The van der Waals surface area contributed by atoms with Gasteiger partial charge in [0, 0.05) is 5.88 Å². The zero-order valence-electron chi connectivity index (χ0n) is 5.70. The minimum Gasteiger partial charge on any atom is -0.126 e. The van der Waals surface area contributed by atoms with Gasteiger partial charge in [-0.3, -0.25) is 0 Å². The van der Waals surface area contributed by atoms with Crippen molar-refractivity contribution in [3.8, 4) is 0 Å². The number of allylic oxidation sites excluding steroid dienone is 1. The van der Waals surface area contributed by atoms with E-state index >= 15 is 0 Å². The van der Waals surface area contributed by atoms with E-state index in [2.05, 4.69) is 6.58 Å². The van der Waals surface area contributed by atoms with E-state index in [1.807, 2.05) is 6.08 Å². The van der Waals surface area contributed by atoms with E-state index in [4.69, 9.17) is 11.6 Å². The number of halogens is 1. The first kappa shape index (κ1) is 7.14. The molecule has 1 fully saturated rings. The highest BCUT2D eigenvalue weighted by Gasteiger charge is 2.40. The summed E-state index contributed by atoms with van der Waals surface area (Å²) in [6.45, 7) is 3.68. The first-order valence-corrected chi connectivity index (χ1v) is 4.03. The van der Waals surface area contributed by atoms with Crippen molar-refractivity contribution in [1.29, 1.82) is 0 Å². The Kier molecular flexibility index (Phi) is 2.18. The third-order valence-corrected chi connectivity index (χ3v) is 2.69. The van der Waals surface area contributed by atoms with Crippen LogP contribution in [0.1, 0.15) is 25.7 Å². The maximum absolute atomic E-state index is 5.76. The van der Waals surface area contributed by atoms with Crippen LogP contribution in [0.2, 0.25) is 0 Å². The van der Waals surface area contributed by atoms with Crippen LogP contribution in [-0.4, -0.2) is 5.88 Å². The first-order valence-electron chi connectivity index (χ1n) is 3.50. The van der Waals surface area contributed by atoms with Crippen LogP contribution >= 0.6 is 11.6 Å². The SMILES string of the molecule is C=CCCC1(CCl)CC1. The molecule has 0 saturated heterocycles. The van der Waals surface area contributed by atoms with Crippen LogP contribution in [0.4, 0.5) is 0 Å². The van der Waals surface area contributed by atoms with Crippen molar-refractivity contribution in [2.45, 2.75) is 25.7 Å². The summed E-state index contributed by atoms with van der Waals surface area (Å²) in [5.41, 5.74) is 0.537. The summed E-state index contributed by atoms with van der Waals surface area (Å²) in [6, 6.07) is 0. The summed E-state index contributed by atoms with van der Waals surface area (Å²) in [6.07, 6.45) is 7.04. The Bertz CT molecular complexity index is 103. The van der Waals surface area contributed by atoms with E-state index in [0.717, 1.165) is 12.3 Å². The van der Waals surface area contributed by atoms with Crippen molar-refractivity contribution >= 4 is 11.6 Å². The number of rotatable bonds is 4. The predicted octanol–water partition coefficient (Wildman–Crippen LogP) is 2.97. The van der Waals surface area contributed by atoms with Crippen LogP contribution in [0, 0.1) is 5.41 Å². The molecule has 1 saturated carbocycles. The van der Waals surface area contributed by atoms with Crippen LogP contribution in [0.15, 0.2) is 12.7 Å². The van der Waals surface area contributed by atoms with Crippen LogP contribution < -0.4 is 0 Å². The number of alkyl halides is 1. The maximum atomic E-state index is 5.76. The largest absolute Gasteiger partial charge is 0.126 e. The second-order valence-corrected chi connectivity index (χ2v) is 3.23. The summed E-state index contributed by atoms with van der Waals surface area (Å²) in [4.78, 5) is 0. The molecule has 0 aromatic carbocycles. The second kappa shape index (κ2) is 2.74. The molecule has 0 nitrogen and oxygen atoms in total. The highest BCUT2D eigenvalue weighted by atomic mass is 35.5. The van der Waals surface area contributed by atoms with Crippen LogP contribution in [0.5, 0.6) is 0 Å². The molecule has 0 unspecified atom stereocenters. The molecule has 0 aromatic rings. The molecule has 0 spiro atoms. The molecule has 1 rings (SSSR count).